The fraction of sp³-hybridized carbons (Fsp3) is 0.308. The van der Waals surface area contributed by atoms with Gasteiger partial charge in [-0.2, -0.15) is 10.2 Å². The van der Waals surface area contributed by atoms with E-state index in [9.17, 15) is 0 Å². The van der Waals surface area contributed by atoms with Crippen LogP contribution in [0.4, 0.5) is 0 Å². The summed E-state index contributed by atoms with van der Waals surface area (Å²) in [5.74, 6) is 6.37. The zero-order valence-corrected chi connectivity index (χ0v) is 11.2. The third kappa shape index (κ3) is 2.86. The monoisotopic (exact) mass is 259 g/mol. The highest BCUT2D eigenvalue weighted by atomic mass is 16.5. The summed E-state index contributed by atoms with van der Waals surface area (Å²) in [5, 5.41) is 8.14. The van der Waals surface area contributed by atoms with Gasteiger partial charge in [-0.15, -0.1) is 0 Å². The van der Waals surface area contributed by atoms with Crippen LogP contribution in [-0.2, 0) is 0 Å². The number of hydrogen-bond acceptors (Lipinski definition) is 6. The first kappa shape index (κ1) is 13.4. The normalized spacial score (nSPS) is 12.2. The number of nitrogens with two attached hydrogens (primary N) is 1. The number of aryl methyl sites for hydroxylation is 2. The second-order valence-electron chi connectivity index (χ2n) is 4.28. The quantitative estimate of drug-likeness (QED) is 0.630. The predicted molar refractivity (Wildman–Crippen MR) is 71.5 cm³/mol. The van der Waals surface area contributed by atoms with Gasteiger partial charge in [-0.1, -0.05) is 0 Å². The third-order valence-electron chi connectivity index (χ3n) is 2.92. The minimum atomic E-state index is -0.197. The molecule has 1 unspecified atom stereocenters. The molecule has 2 aromatic heterocycles. The lowest BCUT2D eigenvalue weighted by atomic mass is 9.99. The lowest BCUT2D eigenvalue weighted by molar-refractivity contribution is 0.411. The van der Waals surface area contributed by atoms with Crippen molar-refractivity contribution in [2.75, 3.05) is 7.11 Å². The van der Waals surface area contributed by atoms with Gasteiger partial charge in [0.05, 0.1) is 30.7 Å². The zero-order chi connectivity index (χ0) is 13.8. The first-order chi connectivity index (χ1) is 9.15. The maximum absolute atomic E-state index is 5.68. The molecule has 3 N–H and O–H groups in total. The minimum Gasteiger partial charge on any atom is -0.495 e. The van der Waals surface area contributed by atoms with E-state index >= 15 is 0 Å². The molecule has 0 spiro atoms. The third-order valence-corrected chi connectivity index (χ3v) is 2.92. The van der Waals surface area contributed by atoms with Gasteiger partial charge in [0.25, 0.3) is 0 Å². The summed E-state index contributed by atoms with van der Waals surface area (Å²) >= 11 is 0. The van der Waals surface area contributed by atoms with Crippen LogP contribution in [0.5, 0.6) is 5.75 Å². The van der Waals surface area contributed by atoms with E-state index in [1.165, 1.54) is 0 Å². The second-order valence-corrected chi connectivity index (χ2v) is 4.28. The molecule has 2 heterocycles. The maximum Gasteiger partial charge on any atom is 0.137 e. The highest BCUT2D eigenvalue weighted by molar-refractivity contribution is 5.35. The van der Waals surface area contributed by atoms with E-state index in [2.05, 4.69) is 20.6 Å². The number of hydrazine groups is 1. The zero-order valence-electron chi connectivity index (χ0n) is 11.2. The fourth-order valence-electron chi connectivity index (χ4n) is 1.93. The Bertz CT molecular complexity index is 573. The van der Waals surface area contributed by atoms with Crippen molar-refractivity contribution in [2.45, 2.75) is 19.9 Å². The van der Waals surface area contributed by atoms with E-state index in [-0.39, 0.29) is 6.04 Å². The van der Waals surface area contributed by atoms with Crippen molar-refractivity contribution in [1.82, 2.24) is 20.6 Å². The van der Waals surface area contributed by atoms with Crippen LogP contribution in [-0.4, -0.2) is 22.3 Å². The van der Waals surface area contributed by atoms with Crippen LogP contribution >= 0.6 is 0 Å². The Morgan fingerprint density at radius 1 is 1.21 bits per heavy atom. The van der Waals surface area contributed by atoms with Crippen molar-refractivity contribution >= 4 is 0 Å². The highest BCUT2D eigenvalue weighted by Gasteiger charge is 2.17. The maximum atomic E-state index is 5.68. The first-order valence-corrected chi connectivity index (χ1v) is 5.91. The van der Waals surface area contributed by atoms with E-state index in [1.54, 1.807) is 19.5 Å². The summed E-state index contributed by atoms with van der Waals surface area (Å²) in [6.45, 7) is 3.80. The van der Waals surface area contributed by atoms with Crippen molar-refractivity contribution in [3.8, 4) is 5.75 Å². The van der Waals surface area contributed by atoms with Crippen LogP contribution in [0.25, 0.3) is 0 Å². The summed E-state index contributed by atoms with van der Waals surface area (Å²) in [4.78, 5) is 4.15. The number of aromatic nitrogens is 3. The van der Waals surface area contributed by atoms with E-state index in [1.807, 2.05) is 26.0 Å². The van der Waals surface area contributed by atoms with Gasteiger partial charge < -0.3 is 4.74 Å². The molecule has 0 fully saturated rings. The lowest BCUT2D eigenvalue weighted by Gasteiger charge is -2.18. The number of hydrogen-bond donors (Lipinski definition) is 2. The smallest absolute Gasteiger partial charge is 0.137 e. The van der Waals surface area contributed by atoms with Gasteiger partial charge in [0, 0.05) is 6.20 Å². The molecular weight excluding hydrogens is 242 g/mol. The average Bonchev–Trinajstić information content (AvgIpc) is 2.44. The summed E-state index contributed by atoms with van der Waals surface area (Å²) in [6, 6.07) is 3.66. The van der Waals surface area contributed by atoms with Crippen LogP contribution in [0.1, 0.15) is 28.6 Å². The predicted octanol–water partition coefficient (Wildman–Crippen LogP) is 1.05. The molecule has 0 aromatic carbocycles. The second kappa shape index (κ2) is 5.73. The Kier molecular flexibility index (Phi) is 4.03. The van der Waals surface area contributed by atoms with Crippen molar-refractivity contribution < 1.29 is 4.74 Å². The van der Waals surface area contributed by atoms with Gasteiger partial charge in [-0.25, -0.2) is 5.43 Å². The number of methoxy groups -OCH3 is 1. The molecule has 19 heavy (non-hydrogen) atoms. The standard InChI is InChI=1S/C13H17N5O/c1-8-4-12(9(2)18-17-8)13(16-14)10-5-11(19-3)7-15-6-10/h4-7,13,16H,14H2,1-3H3. The number of ether oxygens (including phenoxy) is 1. The molecule has 2 rings (SSSR count). The lowest BCUT2D eigenvalue weighted by Crippen LogP contribution is -2.30. The summed E-state index contributed by atoms with van der Waals surface area (Å²) in [7, 11) is 1.61. The first-order valence-electron chi connectivity index (χ1n) is 5.91. The number of pyridine rings is 1. The van der Waals surface area contributed by atoms with Crippen molar-refractivity contribution in [3.05, 3.63) is 47.0 Å². The molecule has 0 aliphatic carbocycles. The minimum absolute atomic E-state index is 0.197. The highest BCUT2D eigenvalue weighted by Crippen LogP contribution is 2.25. The van der Waals surface area contributed by atoms with Crippen molar-refractivity contribution in [3.63, 3.8) is 0 Å². The largest absolute Gasteiger partial charge is 0.495 e. The molecule has 0 aliphatic rings. The molecule has 0 saturated heterocycles. The summed E-state index contributed by atoms with van der Waals surface area (Å²) in [5.41, 5.74) is 6.36. The Morgan fingerprint density at radius 3 is 2.68 bits per heavy atom. The van der Waals surface area contributed by atoms with Gasteiger partial charge in [0.1, 0.15) is 5.75 Å². The van der Waals surface area contributed by atoms with Crippen molar-refractivity contribution in [2.24, 2.45) is 5.84 Å². The Balaban J connectivity index is 2.46. The van der Waals surface area contributed by atoms with Crippen LogP contribution in [0, 0.1) is 13.8 Å². The van der Waals surface area contributed by atoms with Gasteiger partial charge in [-0.05, 0) is 37.1 Å². The number of rotatable bonds is 4. The van der Waals surface area contributed by atoms with Gasteiger partial charge >= 0.3 is 0 Å². The topological polar surface area (TPSA) is 86.0 Å². The van der Waals surface area contributed by atoms with E-state index in [0.717, 1.165) is 22.5 Å². The van der Waals surface area contributed by atoms with E-state index in [4.69, 9.17) is 10.6 Å². The molecule has 6 nitrogen and oxygen atoms in total. The molecule has 1 atom stereocenters. The summed E-state index contributed by atoms with van der Waals surface area (Å²) in [6.07, 6.45) is 3.40. The molecule has 0 bridgehead atoms. The Labute approximate surface area is 112 Å². The SMILES string of the molecule is COc1cncc(C(NN)c2cc(C)nnc2C)c1. The van der Waals surface area contributed by atoms with Crippen LogP contribution < -0.4 is 16.0 Å². The fourth-order valence-corrected chi connectivity index (χ4v) is 1.93. The van der Waals surface area contributed by atoms with E-state index < -0.39 is 0 Å². The Morgan fingerprint density at radius 2 is 2.00 bits per heavy atom. The van der Waals surface area contributed by atoms with Gasteiger partial charge in [-0.3, -0.25) is 10.8 Å². The molecule has 6 heteroatoms. The molecule has 2 aromatic rings. The van der Waals surface area contributed by atoms with Gasteiger partial charge in [0.2, 0.25) is 0 Å². The van der Waals surface area contributed by atoms with Crippen LogP contribution in [0.3, 0.4) is 0 Å². The number of nitrogens with one attached hydrogen (secondary N) is 1. The Hall–Kier alpha value is -2.05. The van der Waals surface area contributed by atoms with Crippen LogP contribution in [0.15, 0.2) is 24.5 Å². The average molecular weight is 259 g/mol. The van der Waals surface area contributed by atoms with E-state index in [0.29, 0.717) is 5.75 Å². The van der Waals surface area contributed by atoms with Crippen molar-refractivity contribution in [1.29, 1.82) is 0 Å². The molecule has 0 amide bonds. The molecule has 0 radical (unpaired) electrons. The van der Waals surface area contributed by atoms with Crippen LogP contribution in [0.2, 0.25) is 0 Å². The van der Waals surface area contributed by atoms with Gasteiger partial charge in [0.15, 0.2) is 0 Å². The molecule has 100 valence electrons. The molecule has 0 saturated carbocycles. The summed E-state index contributed by atoms with van der Waals surface area (Å²) < 4.78 is 5.18. The molecule has 0 aliphatic heterocycles. The molecular formula is C13H17N5O. The number of nitrogens with zero attached hydrogens (tertiary/aromatic N) is 3.